The van der Waals surface area contributed by atoms with Gasteiger partial charge in [-0.15, -0.1) is 0 Å². The van der Waals surface area contributed by atoms with Gasteiger partial charge in [0.25, 0.3) is 0 Å². The van der Waals surface area contributed by atoms with Crippen molar-refractivity contribution in [2.75, 3.05) is 0 Å². The third-order valence-corrected chi connectivity index (χ3v) is 2.74. The fraction of sp³-hybridized carbons (Fsp3) is 0.600. The van der Waals surface area contributed by atoms with E-state index in [-0.39, 0.29) is 0 Å². The summed E-state index contributed by atoms with van der Waals surface area (Å²) < 4.78 is 0. The van der Waals surface area contributed by atoms with Gasteiger partial charge < -0.3 is 0 Å². The van der Waals surface area contributed by atoms with Gasteiger partial charge in [-0.25, -0.2) is 0 Å². The third kappa shape index (κ3) is 0.828. The Kier molecular flexibility index (Phi) is 1.08. The summed E-state index contributed by atoms with van der Waals surface area (Å²) in [6.07, 6.45) is 8.77. The van der Waals surface area contributed by atoms with E-state index in [1.54, 1.807) is 5.57 Å². The molecule has 0 aromatic rings. The maximum absolute atomic E-state index is 2.39. The van der Waals surface area contributed by atoms with Crippen molar-refractivity contribution in [1.82, 2.24) is 0 Å². The first-order chi connectivity index (χ1) is 4.71. The SMILES string of the molecule is CC1=CC(C2(C)CC2)=CC1. The molecular weight excluding hydrogens is 120 g/mol. The van der Waals surface area contributed by atoms with Crippen LogP contribution in [0.1, 0.15) is 33.1 Å². The van der Waals surface area contributed by atoms with Crippen LogP contribution >= 0.6 is 0 Å². The zero-order valence-electron chi connectivity index (χ0n) is 6.78. The smallest absolute Gasteiger partial charge is 0.00777 e. The van der Waals surface area contributed by atoms with Crippen LogP contribution in [0.2, 0.25) is 0 Å². The molecule has 0 N–H and O–H groups in total. The lowest BCUT2D eigenvalue weighted by atomic mass is 10.00. The van der Waals surface area contributed by atoms with Gasteiger partial charge in [0, 0.05) is 0 Å². The minimum atomic E-state index is 0.595. The van der Waals surface area contributed by atoms with Crippen molar-refractivity contribution < 1.29 is 0 Å². The molecule has 2 aliphatic rings. The first-order valence-electron chi connectivity index (χ1n) is 4.08. The summed E-state index contributed by atoms with van der Waals surface area (Å²) in [7, 11) is 0. The fourth-order valence-electron chi connectivity index (χ4n) is 1.55. The zero-order chi connectivity index (χ0) is 7.19. The molecule has 0 unspecified atom stereocenters. The van der Waals surface area contributed by atoms with Crippen LogP contribution in [0.5, 0.6) is 0 Å². The highest BCUT2D eigenvalue weighted by Gasteiger charge is 2.40. The lowest BCUT2D eigenvalue weighted by molar-refractivity contribution is 0.710. The summed E-state index contributed by atoms with van der Waals surface area (Å²) in [6, 6.07) is 0. The highest BCUT2D eigenvalue weighted by molar-refractivity contribution is 5.39. The van der Waals surface area contributed by atoms with Crippen molar-refractivity contribution in [3.05, 3.63) is 23.3 Å². The maximum atomic E-state index is 2.39. The Balaban J connectivity index is 2.20. The molecule has 0 saturated heterocycles. The Morgan fingerprint density at radius 3 is 2.50 bits per heavy atom. The van der Waals surface area contributed by atoms with Crippen molar-refractivity contribution in [2.45, 2.75) is 33.1 Å². The van der Waals surface area contributed by atoms with Crippen LogP contribution < -0.4 is 0 Å². The summed E-state index contributed by atoms with van der Waals surface area (Å²) in [4.78, 5) is 0. The second-order valence-corrected chi connectivity index (χ2v) is 3.91. The molecule has 0 spiro atoms. The summed E-state index contributed by atoms with van der Waals surface area (Å²) >= 11 is 0. The molecule has 2 aliphatic carbocycles. The fourth-order valence-corrected chi connectivity index (χ4v) is 1.55. The zero-order valence-corrected chi connectivity index (χ0v) is 6.78. The van der Waals surface area contributed by atoms with E-state index >= 15 is 0 Å². The van der Waals surface area contributed by atoms with Crippen molar-refractivity contribution >= 4 is 0 Å². The van der Waals surface area contributed by atoms with Gasteiger partial charge in [0.05, 0.1) is 0 Å². The van der Waals surface area contributed by atoms with Gasteiger partial charge in [-0.05, 0) is 37.2 Å². The molecule has 1 fully saturated rings. The Labute approximate surface area is 62.6 Å². The van der Waals surface area contributed by atoms with Crippen molar-refractivity contribution in [3.8, 4) is 0 Å². The summed E-state index contributed by atoms with van der Waals surface area (Å²) in [5, 5.41) is 0. The number of allylic oxidation sites excluding steroid dienone is 4. The average Bonchev–Trinajstić information content (AvgIpc) is 2.45. The lowest BCUT2D eigenvalue weighted by Crippen LogP contribution is -1.92. The van der Waals surface area contributed by atoms with E-state index in [1.807, 2.05) is 0 Å². The van der Waals surface area contributed by atoms with E-state index in [0.29, 0.717) is 5.41 Å². The van der Waals surface area contributed by atoms with Crippen molar-refractivity contribution in [2.24, 2.45) is 5.41 Å². The predicted octanol–water partition coefficient (Wildman–Crippen LogP) is 3.06. The molecule has 54 valence electrons. The van der Waals surface area contributed by atoms with E-state index in [4.69, 9.17) is 0 Å². The van der Waals surface area contributed by atoms with Crippen LogP contribution in [0.15, 0.2) is 23.3 Å². The van der Waals surface area contributed by atoms with E-state index in [1.165, 1.54) is 24.8 Å². The monoisotopic (exact) mass is 134 g/mol. The molecule has 0 heteroatoms. The second kappa shape index (κ2) is 1.75. The Bertz CT molecular complexity index is 214. The Hall–Kier alpha value is -0.520. The van der Waals surface area contributed by atoms with Gasteiger partial charge in [0.2, 0.25) is 0 Å². The molecule has 0 aromatic heterocycles. The topological polar surface area (TPSA) is 0 Å². The molecular formula is C10H14. The van der Waals surface area contributed by atoms with Crippen LogP contribution in [-0.4, -0.2) is 0 Å². The van der Waals surface area contributed by atoms with Gasteiger partial charge in [-0.2, -0.15) is 0 Å². The van der Waals surface area contributed by atoms with Crippen LogP contribution in [0, 0.1) is 5.41 Å². The van der Waals surface area contributed by atoms with Crippen molar-refractivity contribution in [1.29, 1.82) is 0 Å². The molecule has 10 heavy (non-hydrogen) atoms. The Morgan fingerprint density at radius 1 is 1.40 bits per heavy atom. The molecule has 0 bridgehead atoms. The quantitative estimate of drug-likeness (QED) is 0.517. The minimum Gasteiger partial charge on any atom is -0.0767 e. The van der Waals surface area contributed by atoms with E-state index in [9.17, 15) is 0 Å². The number of hydrogen-bond acceptors (Lipinski definition) is 0. The number of rotatable bonds is 1. The Morgan fingerprint density at radius 2 is 2.10 bits per heavy atom. The highest BCUT2D eigenvalue weighted by Crippen LogP contribution is 2.53. The van der Waals surface area contributed by atoms with Crippen LogP contribution in [0.4, 0.5) is 0 Å². The lowest BCUT2D eigenvalue weighted by Gasteiger charge is -2.05. The van der Waals surface area contributed by atoms with Crippen LogP contribution in [0.25, 0.3) is 0 Å². The molecule has 0 aromatic carbocycles. The molecule has 0 amide bonds. The molecule has 0 radical (unpaired) electrons. The standard InChI is InChI=1S/C10H14/c1-8-3-4-9(7-8)10(2)5-6-10/h4,7H,3,5-6H2,1-2H3. The molecule has 2 rings (SSSR count). The van der Waals surface area contributed by atoms with Crippen LogP contribution in [-0.2, 0) is 0 Å². The highest BCUT2D eigenvalue weighted by atomic mass is 14.4. The van der Waals surface area contributed by atoms with E-state index in [0.717, 1.165) is 0 Å². The predicted molar refractivity (Wildman–Crippen MR) is 43.8 cm³/mol. The second-order valence-electron chi connectivity index (χ2n) is 3.91. The van der Waals surface area contributed by atoms with Crippen LogP contribution in [0.3, 0.4) is 0 Å². The number of hydrogen-bond donors (Lipinski definition) is 0. The van der Waals surface area contributed by atoms with Crippen molar-refractivity contribution in [3.63, 3.8) is 0 Å². The first kappa shape index (κ1) is 6.21. The van der Waals surface area contributed by atoms with Gasteiger partial charge in [0.1, 0.15) is 0 Å². The molecule has 1 saturated carbocycles. The first-order valence-corrected chi connectivity index (χ1v) is 4.08. The molecule has 0 atom stereocenters. The molecule has 0 nitrogen and oxygen atoms in total. The summed E-state index contributed by atoms with van der Waals surface area (Å²) in [5.41, 5.74) is 3.73. The molecule has 0 aliphatic heterocycles. The third-order valence-electron chi connectivity index (χ3n) is 2.74. The minimum absolute atomic E-state index is 0.595. The van der Waals surface area contributed by atoms with Gasteiger partial charge >= 0.3 is 0 Å². The average molecular weight is 134 g/mol. The summed E-state index contributed by atoms with van der Waals surface area (Å²) in [5.74, 6) is 0. The van der Waals surface area contributed by atoms with Gasteiger partial charge in [-0.3, -0.25) is 0 Å². The maximum Gasteiger partial charge on any atom is -0.00777 e. The van der Waals surface area contributed by atoms with Gasteiger partial charge in [0.15, 0.2) is 0 Å². The largest absolute Gasteiger partial charge is 0.0767 e. The summed E-state index contributed by atoms with van der Waals surface area (Å²) in [6.45, 7) is 4.59. The van der Waals surface area contributed by atoms with E-state index < -0.39 is 0 Å². The normalized spacial score (nSPS) is 27.8. The van der Waals surface area contributed by atoms with Gasteiger partial charge in [-0.1, -0.05) is 24.6 Å². The molecule has 0 heterocycles. The van der Waals surface area contributed by atoms with E-state index in [2.05, 4.69) is 26.0 Å².